The van der Waals surface area contributed by atoms with Crippen LogP contribution in [-0.2, 0) is 4.74 Å². The molecule has 3 aromatic carbocycles. The van der Waals surface area contributed by atoms with Crippen molar-refractivity contribution in [3.8, 4) is 0 Å². The van der Waals surface area contributed by atoms with E-state index in [9.17, 15) is 24.5 Å². The van der Waals surface area contributed by atoms with Crippen LogP contribution in [0.2, 0.25) is 5.02 Å². The van der Waals surface area contributed by atoms with Gasteiger partial charge < -0.3 is 9.15 Å². The number of esters is 1. The lowest BCUT2D eigenvalue weighted by atomic mass is 9.98. The van der Waals surface area contributed by atoms with Gasteiger partial charge in [-0.15, -0.1) is 0 Å². The van der Waals surface area contributed by atoms with E-state index in [2.05, 4.69) is 0 Å². The van der Waals surface area contributed by atoms with Crippen LogP contribution in [0.1, 0.15) is 57.8 Å². The molecule has 0 fully saturated rings. The van der Waals surface area contributed by atoms with Gasteiger partial charge in [-0.3, -0.25) is 24.6 Å². The summed E-state index contributed by atoms with van der Waals surface area (Å²) in [7, 11) is 0. The first-order valence-electron chi connectivity index (χ1n) is 11.9. The van der Waals surface area contributed by atoms with Gasteiger partial charge in [0.2, 0.25) is 5.76 Å². The molecule has 0 spiro atoms. The number of amides is 1. The second-order valence-corrected chi connectivity index (χ2v) is 9.21. The number of non-ortho nitro benzene ring substituents is 1. The van der Waals surface area contributed by atoms with Crippen molar-refractivity contribution in [1.29, 1.82) is 0 Å². The minimum Gasteiger partial charge on any atom is -0.462 e. The van der Waals surface area contributed by atoms with Crippen molar-refractivity contribution in [3.63, 3.8) is 0 Å². The molecular weight excluding hydrogens is 512 g/mol. The zero-order valence-corrected chi connectivity index (χ0v) is 20.9. The second-order valence-electron chi connectivity index (χ2n) is 8.78. The molecular formula is C28H21ClN2O7. The Morgan fingerprint density at radius 3 is 2.45 bits per heavy atom. The summed E-state index contributed by atoms with van der Waals surface area (Å²) in [6.07, 6.45) is 1.64. The van der Waals surface area contributed by atoms with Crippen LogP contribution in [0, 0.1) is 10.1 Å². The summed E-state index contributed by atoms with van der Waals surface area (Å²) in [5.74, 6) is -1.17. The number of halogens is 1. The third-order valence-electron chi connectivity index (χ3n) is 6.36. The van der Waals surface area contributed by atoms with E-state index in [-0.39, 0.29) is 28.0 Å². The van der Waals surface area contributed by atoms with E-state index in [0.29, 0.717) is 28.4 Å². The first-order chi connectivity index (χ1) is 18.3. The predicted molar refractivity (Wildman–Crippen MR) is 141 cm³/mol. The average Bonchev–Trinajstić information content (AvgIpc) is 3.21. The number of rotatable bonds is 7. The van der Waals surface area contributed by atoms with Crippen molar-refractivity contribution in [1.82, 2.24) is 0 Å². The van der Waals surface area contributed by atoms with Gasteiger partial charge in [0, 0.05) is 22.8 Å². The summed E-state index contributed by atoms with van der Waals surface area (Å²) in [6.45, 7) is 2.30. The molecule has 1 unspecified atom stereocenters. The first kappa shape index (κ1) is 25.2. The molecule has 0 bridgehead atoms. The van der Waals surface area contributed by atoms with E-state index in [4.69, 9.17) is 20.8 Å². The highest BCUT2D eigenvalue weighted by Crippen LogP contribution is 2.41. The second kappa shape index (κ2) is 10.1. The van der Waals surface area contributed by atoms with E-state index in [1.54, 1.807) is 18.2 Å². The molecule has 1 atom stereocenters. The fourth-order valence-electron chi connectivity index (χ4n) is 4.46. The van der Waals surface area contributed by atoms with Gasteiger partial charge in [0.15, 0.2) is 5.43 Å². The van der Waals surface area contributed by atoms with Gasteiger partial charge in [0.25, 0.3) is 11.6 Å². The van der Waals surface area contributed by atoms with Crippen molar-refractivity contribution in [2.45, 2.75) is 25.8 Å². The van der Waals surface area contributed by atoms with Crippen LogP contribution in [0.4, 0.5) is 11.4 Å². The molecule has 2 heterocycles. The molecule has 38 heavy (non-hydrogen) atoms. The lowest BCUT2D eigenvalue weighted by Gasteiger charge is -2.25. The Labute approximate surface area is 221 Å². The Balaban J connectivity index is 1.62. The molecule has 10 heteroatoms. The number of carbonyl (C=O) groups excluding carboxylic acids is 2. The van der Waals surface area contributed by atoms with E-state index >= 15 is 0 Å². The van der Waals surface area contributed by atoms with Gasteiger partial charge in [-0.2, -0.15) is 0 Å². The van der Waals surface area contributed by atoms with Gasteiger partial charge in [-0.1, -0.05) is 24.9 Å². The van der Waals surface area contributed by atoms with E-state index < -0.39 is 28.3 Å². The Hall–Kier alpha value is -4.50. The Morgan fingerprint density at radius 1 is 1.08 bits per heavy atom. The van der Waals surface area contributed by atoms with E-state index in [0.717, 1.165) is 12.8 Å². The Bertz CT molecular complexity index is 1630. The number of unbranched alkanes of at least 4 members (excludes halogenated alkanes) is 1. The largest absolute Gasteiger partial charge is 0.462 e. The number of hydrogen-bond acceptors (Lipinski definition) is 7. The van der Waals surface area contributed by atoms with E-state index in [1.165, 1.54) is 53.4 Å². The molecule has 9 nitrogen and oxygen atoms in total. The molecule has 0 N–H and O–H groups in total. The molecule has 4 aromatic rings. The summed E-state index contributed by atoms with van der Waals surface area (Å²) in [5.41, 5.74) is 0.932. The van der Waals surface area contributed by atoms with Crippen molar-refractivity contribution in [3.05, 3.63) is 115 Å². The summed E-state index contributed by atoms with van der Waals surface area (Å²) < 4.78 is 11.2. The molecule has 0 saturated heterocycles. The van der Waals surface area contributed by atoms with Crippen LogP contribution in [0.5, 0.6) is 0 Å². The summed E-state index contributed by atoms with van der Waals surface area (Å²) in [6, 6.07) is 15.5. The normalized spacial score (nSPS) is 14.5. The molecule has 1 aliphatic heterocycles. The van der Waals surface area contributed by atoms with Crippen LogP contribution < -0.4 is 10.3 Å². The standard InChI is InChI=1S/C28H21ClN2O7/c1-2-3-14-37-28(34)17-6-9-19(10-7-17)30-24(16-4-11-20(12-5-16)31(35)36)23-25(32)21-15-18(29)8-13-22(21)38-26(23)27(30)33/h4-13,15,24H,2-3,14H2,1H3. The fraction of sp³-hybridized carbons (Fsp3) is 0.179. The van der Waals surface area contributed by atoms with Gasteiger partial charge in [-0.05, 0) is 66.6 Å². The van der Waals surface area contributed by atoms with Gasteiger partial charge >= 0.3 is 5.97 Å². The number of nitro benzene ring substituents is 1. The average molecular weight is 533 g/mol. The lowest BCUT2D eigenvalue weighted by molar-refractivity contribution is -0.384. The van der Waals surface area contributed by atoms with Crippen LogP contribution in [0.3, 0.4) is 0 Å². The molecule has 1 amide bonds. The monoisotopic (exact) mass is 532 g/mol. The number of nitrogens with zero attached hydrogens (tertiary/aromatic N) is 2. The Morgan fingerprint density at radius 2 is 1.79 bits per heavy atom. The van der Waals surface area contributed by atoms with Gasteiger partial charge in [0.05, 0.1) is 34.1 Å². The molecule has 1 aromatic heterocycles. The molecule has 5 rings (SSSR count). The molecule has 192 valence electrons. The number of nitro groups is 1. The molecule has 1 aliphatic rings. The Kier molecular flexibility index (Phi) is 6.69. The number of anilines is 1. The molecule has 0 saturated carbocycles. The van der Waals surface area contributed by atoms with Crippen molar-refractivity contribution < 1.29 is 23.7 Å². The number of fused-ring (bicyclic) bond motifs is 2. The maximum atomic E-state index is 13.7. The maximum Gasteiger partial charge on any atom is 0.338 e. The first-order valence-corrected chi connectivity index (χ1v) is 12.3. The van der Waals surface area contributed by atoms with Crippen LogP contribution >= 0.6 is 11.6 Å². The summed E-state index contributed by atoms with van der Waals surface area (Å²) >= 11 is 6.12. The fourth-order valence-corrected chi connectivity index (χ4v) is 4.63. The van der Waals surface area contributed by atoms with Crippen molar-refractivity contribution in [2.24, 2.45) is 0 Å². The maximum absolute atomic E-state index is 13.7. The predicted octanol–water partition coefficient (Wildman–Crippen LogP) is 6.06. The zero-order valence-electron chi connectivity index (χ0n) is 20.2. The highest BCUT2D eigenvalue weighted by Gasteiger charge is 2.43. The minimum atomic E-state index is -0.930. The number of hydrogen-bond donors (Lipinski definition) is 0. The summed E-state index contributed by atoms with van der Waals surface area (Å²) in [4.78, 5) is 51.7. The summed E-state index contributed by atoms with van der Waals surface area (Å²) in [5, 5.41) is 11.7. The van der Waals surface area contributed by atoms with E-state index in [1.807, 2.05) is 6.92 Å². The zero-order chi connectivity index (χ0) is 27.0. The quantitative estimate of drug-likeness (QED) is 0.123. The van der Waals surface area contributed by atoms with Crippen molar-refractivity contribution in [2.75, 3.05) is 11.5 Å². The van der Waals surface area contributed by atoms with Gasteiger partial charge in [0.1, 0.15) is 5.58 Å². The molecule has 0 radical (unpaired) electrons. The van der Waals surface area contributed by atoms with Crippen LogP contribution in [-0.4, -0.2) is 23.4 Å². The molecule has 0 aliphatic carbocycles. The third-order valence-corrected chi connectivity index (χ3v) is 6.60. The highest BCUT2D eigenvalue weighted by atomic mass is 35.5. The van der Waals surface area contributed by atoms with Gasteiger partial charge in [-0.25, -0.2) is 4.79 Å². The SMILES string of the molecule is CCCCOC(=O)c1ccc(N2C(=O)c3oc4ccc(Cl)cc4c(=O)c3C2c2ccc([N+](=O)[O-])cc2)cc1. The minimum absolute atomic E-state index is 0.0988. The van der Waals surface area contributed by atoms with Crippen molar-refractivity contribution >= 4 is 45.8 Å². The smallest absolute Gasteiger partial charge is 0.338 e. The number of benzene rings is 3. The topological polar surface area (TPSA) is 120 Å². The third kappa shape index (κ3) is 4.41. The van der Waals surface area contributed by atoms with Crippen LogP contribution in [0.25, 0.3) is 11.0 Å². The lowest BCUT2D eigenvalue weighted by Crippen LogP contribution is -2.29. The van der Waals surface area contributed by atoms with Crippen LogP contribution in [0.15, 0.2) is 75.9 Å². The number of carbonyl (C=O) groups is 2. The highest BCUT2D eigenvalue weighted by molar-refractivity contribution is 6.31. The number of ether oxygens (including phenoxy) is 1.